The summed E-state index contributed by atoms with van der Waals surface area (Å²) in [5.41, 5.74) is 1.93. The highest BCUT2D eigenvalue weighted by atomic mass is 32.2. The number of amides is 1. The van der Waals surface area contributed by atoms with Crippen molar-refractivity contribution in [2.24, 2.45) is 0 Å². The summed E-state index contributed by atoms with van der Waals surface area (Å²) in [6.45, 7) is 0.523. The Balaban J connectivity index is 1.89. The fourth-order valence-corrected chi connectivity index (χ4v) is 3.63. The Bertz CT molecular complexity index is 633. The van der Waals surface area contributed by atoms with Crippen LogP contribution in [0.4, 0.5) is 0 Å². The fraction of sp³-hybridized carbons (Fsp3) is 0.250. The molecule has 0 N–H and O–H groups in total. The number of para-hydroxylation sites is 1. The maximum absolute atomic E-state index is 12.2. The molecule has 3 rings (SSSR count). The molecule has 1 unspecified atom stereocenters. The van der Waals surface area contributed by atoms with Crippen LogP contribution in [-0.2, 0) is 11.3 Å². The van der Waals surface area contributed by atoms with Crippen LogP contribution >= 0.6 is 11.8 Å². The normalized spacial score (nSPS) is 18.0. The molecule has 4 nitrogen and oxygen atoms in total. The molecule has 5 heteroatoms. The molecule has 0 radical (unpaired) electrons. The number of carbonyl (C=O) groups excluding carboxylic acids is 1. The molecule has 0 bridgehead atoms. The van der Waals surface area contributed by atoms with Gasteiger partial charge in [-0.25, -0.2) is 0 Å². The second-order valence-corrected chi connectivity index (χ2v) is 5.82. The minimum atomic E-state index is -0.0179. The summed E-state index contributed by atoms with van der Waals surface area (Å²) in [5.74, 6) is 1.45. The van der Waals surface area contributed by atoms with E-state index < -0.39 is 0 Å². The Morgan fingerprint density at radius 2 is 2.10 bits per heavy atom. The second kappa shape index (κ2) is 6.18. The van der Waals surface area contributed by atoms with Crippen molar-refractivity contribution in [1.29, 1.82) is 0 Å². The van der Waals surface area contributed by atoms with E-state index in [0.717, 1.165) is 17.0 Å². The third-order valence-electron chi connectivity index (χ3n) is 3.43. The van der Waals surface area contributed by atoms with E-state index in [2.05, 4.69) is 4.98 Å². The number of aromatic nitrogens is 1. The third kappa shape index (κ3) is 2.88. The third-order valence-corrected chi connectivity index (χ3v) is 4.67. The lowest BCUT2D eigenvalue weighted by molar-refractivity contribution is -0.128. The Morgan fingerprint density at radius 1 is 1.29 bits per heavy atom. The molecule has 0 saturated carbocycles. The SMILES string of the molecule is COc1ccccc1C1SCC(=O)N1Cc1ccccn1. The van der Waals surface area contributed by atoms with Gasteiger partial charge in [-0.15, -0.1) is 11.8 Å². The van der Waals surface area contributed by atoms with Gasteiger partial charge in [-0.2, -0.15) is 0 Å². The molecule has 1 aromatic carbocycles. The van der Waals surface area contributed by atoms with Crippen LogP contribution < -0.4 is 4.74 Å². The van der Waals surface area contributed by atoms with Gasteiger partial charge in [0.1, 0.15) is 11.1 Å². The summed E-state index contributed by atoms with van der Waals surface area (Å²) in [6.07, 6.45) is 1.75. The molecule has 0 spiro atoms. The predicted octanol–water partition coefficient (Wildman–Crippen LogP) is 2.86. The standard InChI is InChI=1S/C16H16N2O2S/c1-20-14-8-3-2-7-13(14)16-18(15(19)11-21-16)10-12-6-4-5-9-17-12/h2-9,16H,10-11H2,1H3. The number of thioether (sulfide) groups is 1. The van der Waals surface area contributed by atoms with Crippen molar-refractivity contribution in [2.45, 2.75) is 11.9 Å². The molecule has 1 amide bonds. The topological polar surface area (TPSA) is 42.4 Å². The van der Waals surface area contributed by atoms with Crippen molar-refractivity contribution >= 4 is 17.7 Å². The summed E-state index contributed by atoms with van der Waals surface area (Å²) >= 11 is 1.63. The molecule has 1 aliphatic rings. The van der Waals surface area contributed by atoms with Crippen LogP contribution in [-0.4, -0.2) is 28.7 Å². The van der Waals surface area contributed by atoms with Crippen molar-refractivity contribution in [1.82, 2.24) is 9.88 Å². The van der Waals surface area contributed by atoms with Crippen molar-refractivity contribution in [2.75, 3.05) is 12.9 Å². The number of nitrogens with zero attached hydrogens (tertiary/aromatic N) is 2. The maximum atomic E-state index is 12.2. The summed E-state index contributed by atoms with van der Waals surface area (Å²) in [6, 6.07) is 13.6. The monoisotopic (exact) mass is 300 g/mol. The lowest BCUT2D eigenvalue weighted by Gasteiger charge is -2.25. The largest absolute Gasteiger partial charge is 0.496 e. The molecular weight excluding hydrogens is 284 g/mol. The molecule has 2 aromatic rings. The van der Waals surface area contributed by atoms with Crippen LogP contribution in [0.5, 0.6) is 5.75 Å². The van der Waals surface area contributed by atoms with Gasteiger partial charge >= 0.3 is 0 Å². The first-order valence-corrected chi connectivity index (χ1v) is 7.78. The van der Waals surface area contributed by atoms with Crippen molar-refractivity contribution in [3.63, 3.8) is 0 Å². The lowest BCUT2D eigenvalue weighted by atomic mass is 10.1. The highest BCUT2D eigenvalue weighted by Crippen LogP contribution is 2.42. The molecule has 1 aromatic heterocycles. The van der Waals surface area contributed by atoms with E-state index in [0.29, 0.717) is 12.3 Å². The maximum Gasteiger partial charge on any atom is 0.234 e. The van der Waals surface area contributed by atoms with Crippen LogP contribution in [0.2, 0.25) is 0 Å². The van der Waals surface area contributed by atoms with Gasteiger partial charge in [0.25, 0.3) is 0 Å². The van der Waals surface area contributed by atoms with E-state index in [4.69, 9.17) is 4.74 Å². The number of hydrogen-bond donors (Lipinski definition) is 0. The van der Waals surface area contributed by atoms with Crippen molar-refractivity contribution < 1.29 is 9.53 Å². The van der Waals surface area contributed by atoms with E-state index >= 15 is 0 Å². The number of methoxy groups -OCH3 is 1. The van der Waals surface area contributed by atoms with Gasteiger partial charge in [0.2, 0.25) is 5.91 Å². The Labute approximate surface area is 128 Å². The molecule has 1 fully saturated rings. The first-order chi connectivity index (χ1) is 10.3. The molecule has 0 aliphatic carbocycles. The van der Waals surface area contributed by atoms with Crippen LogP contribution in [0.15, 0.2) is 48.7 Å². The van der Waals surface area contributed by atoms with Gasteiger partial charge in [0, 0.05) is 11.8 Å². The number of pyridine rings is 1. The van der Waals surface area contributed by atoms with E-state index in [1.165, 1.54) is 0 Å². The number of hydrogen-bond acceptors (Lipinski definition) is 4. The molecule has 1 saturated heterocycles. The second-order valence-electron chi connectivity index (χ2n) is 4.75. The predicted molar refractivity (Wildman–Crippen MR) is 83.0 cm³/mol. The quantitative estimate of drug-likeness (QED) is 0.871. The number of rotatable bonds is 4. The summed E-state index contributed by atoms with van der Waals surface area (Å²) in [7, 11) is 1.66. The van der Waals surface area contributed by atoms with Crippen LogP contribution in [0.25, 0.3) is 0 Å². The zero-order valence-electron chi connectivity index (χ0n) is 11.7. The van der Waals surface area contributed by atoms with Gasteiger partial charge in [-0.3, -0.25) is 9.78 Å². The van der Waals surface area contributed by atoms with Gasteiger partial charge in [-0.05, 0) is 18.2 Å². The lowest BCUT2D eigenvalue weighted by Crippen LogP contribution is -2.28. The molecule has 108 valence electrons. The highest BCUT2D eigenvalue weighted by molar-refractivity contribution is 8.00. The molecular formula is C16H16N2O2S. The summed E-state index contributed by atoms with van der Waals surface area (Å²) in [5, 5.41) is -0.0179. The van der Waals surface area contributed by atoms with Crippen molar-refractivity contribution in [3.05, 3.63) is 59.9 Å². The fourth-order valence-electron chi connectivity index (χ4n) is 2.42. The zero-order valence-corrected chi connectivity index (χ0v) is 12.5. The number of carbonyl (C=O) groups is 1. The molecule has 1 aliphatic heterocycles. The van der Waals surface area contributed by atoms with E-state index in [1.54, 1.807) is 25.1 Å². The van der Waals surface area contributed by atoms with E-state index in [1.807, 2.05) is 47.4 Å². The summed E-state index contributed by atoms with van der Waals surface area (Å²) < 4.78 is 5.42. The Hall–Kier alpha value is -2.01. The van der Waals surface area contributed by atoms with Gasteiger partial charge in [0.15, 0.2) is 0 Å². The minimum absolute atomic E-state index is 0.0179. The smallest absolute Gasteiger partial charge is 0.234 e. The number of benzene rings is 1. The van der Waals surface area contributed by atoms with Crippen LogP contribution in [0.1, 0.15) is 16.6 Å². The average molecular weight is 300 g/mol. The number of ether oxygens (including phenoxy) is 1. The summed E-state index contributed by atoms with van der Waals surface area (Å²) in [4.78, 5) is 18.4. The molecule has 1 atom stereocenters. The minimum Gasteiger partial charge on any atom is -0.496 e. The first kappa shape index (κ1) is 13.9. The first-order valence-electron chi connectivity index (χ1n) is 6.73. The highest BCUT2D eigenvalue weighted by Gasteiger charge is 2.34. The van der Waals surface area contributed by atoms with Gasteiger partial charge in [-0.1, -0.05) is 24.3 Å². The molecule has 21 heavy (non-hydrogen) atoms. The van der Waals surface area contributed by atoms with Gasteiger partial charge < -0.3 is 9.64 Å². The average Bonchev–Trinajstić information content (AvgIpc) is 2.89. The van der Waals surface area contributed by atoms with Gasteiger partial charge in [0.05, 0.1) is 25.1 Å². The molecule has 2 heterocycles. The zero-order chi connectivity index (χ0) is 14.7. The van der Waals surface area contributed by atoms with Crippen molar-refractivity contribution in [3.8, 4) is 5.75 Å². The van der Waals surface area contributed by atoms with E-state index in [9.17, 15) is 4.79 Å². The van der Waals surface area contributed by atoms with E-state index in [-0.39, 0.29) is 11.3 Å². The van der Waals surface area contributed by atoms with Crippen LogP contribution in [0, 0.1) is 0 Å². The van der Waals surface area contributed by atoms with Crippen LogP contribution in [0.3, 0.4) is 0 Å². The Morgan fingerprint density at radius 3 is 2.86 bits per heavy atom. The Kier molecular flexibility index (Phi) is 4.10.